The molecule has 1 aromatic heterocycles. The maximum Gasteiger partial charge on any atom is 0.409 e. The maximum absolute atomic E-state index is 12.9. The van der Waals surface area contributed by atoms with Crippen molar-refractivity contribution in [3.8, 4) is 0 Å². The van der Waals surface area contributed by atoms with E-state index >= 15 is 0 Å². The van der Waals surface area contributed by atoms with Gasteiger partial charge in [-0.2, -0.15) is 0 Å². The normalized spacial score (nSPS) is 20.2. The van der Waals surface area contributed by atoms with Crippen molar-refractivity contribution in [2.45, 2.75) is 38.6 Å². The van der Waals surface area contributed by atoms with E-state index in [0.29, 0.717) is 51.4 Å². The highest BCUT2D eigenvalue weighted by molar-refractivity contribution is 5.80. The fourth-order valence-corrected chi connectivity index (χ4v) is 4.16. The lowest BCUT2D eigenvalue weighted by Gasteiger charge is -2.36. The zero-order valence-electron chi connectivity index (χ0n) is 17.9. The van der Waals surface area contributed by atoms with Crippen molar-refractivity contribution in [2.24, 2.45) is 20.0 Å². The van der Waals surface area contributed by atoms with Crippen LogP contribution in [0.3, 0.4) is 0 Å². The molecule has 1 aromatic rings. The molecule has 0 aromatic carbocycles. The first kappa shape index (κ1) is 21.9. The molecule has 0 unspecified atom stereocenters. The van der Waals surface area contributed by atoms with Crippen molar-refractivity contribution < 1.29 is 14.3 Å². The third kappa shape index (κ3) is 4.68. The van der Waals surface area contributed by atoms with Gasteiger partial charge >= 0.3 is 11.8 Å². The summed E-state index contributed by atoms with van der Waals surface area (Å²) in [5, 5.41) is 3.12. The maximum atomic E-state index is 12.9. The molecular weight excluding hydrogens is 390 g/mol. The lowest BCUT2D eigenvalue weighted by molar-refractivity contribution is -0.126. The molecule has 30 heavy (non-hydrogen) atoms. The number of carbonyl (C=O) groups excluding carboxylic acids is 2. The van der Waals surface area contributed by atoms with E-state index < -0.39 is 0 Å². The number of piperidine rings is 2. The minimum atomic E-state index is -0.377. The van der Waals surface area contributed by atoms with Gasteiger partial charge in [-0.3, -0.25) is 18.7 Å². The van der Waals surface area contributed by atoms with E-state index in [9.17, 15) is 19.2 Å². The summed E-state index contributed by atoms with van der Waals surface area (Å²) in [6.45, 7) is 4.43. The van der Waals surface area contributed by atoms with Crippen LogP contribution in [0.25, 0.3) is 0 Å². The van der Waals surface area contributed by atoms with Crippen LogP contribution < -0.4 is 21.5 Å². The fourth-order valence-electron chi connectivity index (χ4n) is 4.16. The average molecular weight is 421 g/mol. The van der Waals surface area contributed by atoms with E-state index in [2.05, 4.69) is 5.32 Å². The van der Waals surface area contributed by atoms with Crippen LogP contribution in [0.5, 0.6) is 0 Å². The van der Waals surface area contributed by atoms with Crippen LogP contribution in [0.4, 0.5) is 10.6 Å². The SMILES string of the molecule is CCOC(=O)N1CCC(NC(=O)[C@H]2CCCN(c3cc(=O)n(C)c(=O)n3C)C2)CC1. The van der Waals surface area contributed by atoms with E-state index in [4.69, 9.17) is 4.74 Å². The first-order chi connectivity index (χ1) is 14.3. The van der Waals surface area contributed by atoms with E-state index in [-0.39, 0.29) is 35.2 Å². The molecule has 10 nitrogen and oxygen atoms in total. The number of ether oxygens (including phenoxy) is 1. The second-order valence-corrected chi connectivity index (χ2v) is 8.00. The number of amides is 2. The third-order valence-corrected chi connectivity index (χ3v) is 5.98. The van der Waals surface area contributed by atoms with Crippen molar-refractivity contribution in [3.05, 3.63) is 26.9 Å². The lowest BCUT2D eigenvalue weighted by Crippen LogP contribution is -2.51. The molecule has 0 radical (unpaired) electrons. The third-order valence-electron chi connectivity index (χ3n) is 5.98. The van der Waals surface area contributed by atoms with Gasteiger partial charge in [0.25, 0.3) is 5.56 Å². The predicted molar refractivity (Wildman–Crippen MR) is 112 cm³/mol. The summed E-state index contributed by atoms with van der Waals surface area (Å²) in [7, 11) is 3.09. The number of nitrogens with one attached hydrogen (secondary N) is 1. The highest BCUT2D eigenvalue weighted by Gasteiger charge is 2.30. The van der Waals surface area contributed by atoms with Crippen molar-refractivity contribution in [1.82, 2.24) is 19.4 Å². The first-order valence-electron chi connectivity index (χ1n) is 10.6. The lowest BCUT2D eigenvalue weighted by atomic mass is 9.95. The van der Waals surface area contributed by atoms with Crippen LogP contribution in [0.1, 0.15) is 32.6 Å². The smallest absolute Gasteiger partial charge is 0.409 e. The predicted octanol–water partition coefficient (Wildman–Crippen LogP) is 0.0375. The van der Waals surface area contributed by atoms with E-state index in [1.165, 1.54) is 17.7 Å². The number of aromatic nitrogens is 2. The molecule has 0 spiro atoms. The summed E-state index contributed by atoms with van der Waals surface area (Å²) in [4.78, 5) is 52.6. The van der Waals surface area contributed by atoms with Gasteiger partial charge in [0, 0.05) is 52.4 Å². The number of anilines is 1. The number of likely N-dealkylation sites (tertiary alicyclic amines) is 1. The molecule has 3 heterocycles. The fraction of sp³-hybridized carbons (Fsp3) is 0.700. The number of carbonyl (C=O) groups is 2. The Kier molecular flexibility index (Phi) is 6.84. The van der Waals surface area contributed by atoms with Crippen molar-refractivity contribution in [3.63, 3.8) is 0 Å². The number of nitrogens with zero attached hydrogens (tertiary/aromatic N) is 4. The van der Waals surface area contributed by atoms with Gasteiger partial charge in [0.2, 0.25) is 5.91 Å². The second kappa shape index (κ2) is 9.36. The molecule has 166 valence electrons. The van der Waals surface area contributed by atoms with Crippen molar-refractivity contribution in [1.29, 1.82) is 0 Å². The summed E-state index contributed by atoms with van der Waals surface area (Å²) in [6, 6.07) is 1.49. The molecule has 1 atom stereocenters. The van der Waals surface area contributed by atoms with Gasteiger partial charge in [-0.1, -0.05) is 0 Å². The van der Waals surface area contributed by atoms with Crippen LogP contribution in [0.2, 0.25) is 0 Å². The molecule has 0 bridgehead atoms. The number of rotatable bonds is 4. The summed E-state index contributed by atoms with van der Waals surface area (Å²) in [5.74, 6) is 0.326. The minimum Gasteiger partial charge on any atom is -0.450 e. The van der Waals surface area contributed by atoms with Gasteiger partial charge in [-0.25, -0.2) is 9.59 Å². The van der Waals surface area contributed by atoms with Crippen molar-refractivity contribution in [2.75, 3.05) is 37.7 Å². The molecule has 10 heteroatoms. The second-order valence-electron chi connectivity index (χ2n) is 8.00. The Morgan fingerprint density at radius 3 is 2.47 bits per heavy atom. The molecule has 1 N–H and O–H groups in total. The van der Waals surface area contributed by atoms with E-state index in [1.54, 1.807) is 18.9 Å². The van der Waals surface area contributed by atoms with Gasteiger partial charge in [0.05, 0.1) is 12.5 Å². The largest absolute Gasteiger partial charge is 0.450 e. The average Bonchev–Trinajstić information content (AvgIpc) is 2.75. The summed E-state index contributed by atoms with van der Waals surface area (Å²) in [6.07, 6.45) is 2.67. The Labute approximate surface area is 175 Å². The van der Waals surface area contributed by atoms with Gasteiger partial charge in [0.1, 0.15) is 5.82 Å². The Bertz CT molecular complexity index is 900. The van der Waals surface area contributed by atoms with Gasteiger partial charge < -0.3 is 19.9 Å². The van der Waals surface area contributed by atoms with Gasteiger partial charge in [0.15, 0.2) is 0 Å². The standard InChI is InChI=1S/C20H31N5O5/c1-4-30-20(29)24-10-7-15(8-11-24)21-18(27)14-6-5-9-25(13-14)16-12-17(26)23(3)19(28)22(16)2/h12,14-15H,4-11,13H2,1-3H3,(H,21,27)/t14-/m0/s1. The van der Waals surface area contributed by atoms with Crippen LogP contribution in [-0.2, 0) is 23.6 Å². The topological polar surface area (TPSA) is 106 Å². The Morgan fingerprint density at radius 2 is 1.80 bits per heavy atom. The van der Waals surface area contributed by atoms with Crippen LogP contribution in [0.15, 0.2) is 15.7 Å². The zero-order valence-corrected chi connectivity index (χ0v) is 17.9. The molecule has 2 aliphatic heterocycles. The Hall–Kier alpha value is -2.78. The van der Waals surface area contributed by atoms with E-state index in [0.717, 1.165) is 17.4 Å². The monoisotopic (exact) mass is 421 g/mol. The summed E-state index contributed by atoms with van der Waals surface area (Å²) in [5.41, 5.74) is -0.731. The van der Waals surface area contributed by atoms with Crippen LogP contribution in [0, 0.1) is 5.92 Å². The van der Waals surface area contributed by atoms with Crippen LogP contribution >= 0.6 is 0 Å². The summed E-state index contributed by atoms with van der Waals surface area (Å²) < 4.78 is 7.55. The molecule has 2 fully saturated rings. The highest BCUT2D eigenvalue weighted by atomic mass is 16.6. The summed E-state index contributed by atoms with van der Waals surface area (Å²) >= 11 is 0. The van der Waals surface area contributed by atoms with Gasteiger partial charge in [-0.15, -0.1) is 0 Å². The molecule has 2 amide bonds. The minimum absolute atomic E-state index is 0.0110. The molecular formula is C20H31N5O5. The van der Waals surface area contributed by atoms with Gasteiger partial charge in [-0.05, 0) is 32.6 Å². The first-order valence-corrected chi connectivity index (χ1v) is 10.6. The van der Waals surface area contributed by atoms with Crippen molar-refractivity contribution >= 4 is 17.8 Å². The zero-order chi connectivity index (χ0) is 21.8. The molecule has 3 rings (SSSR count). The quantitative estimate of drug-likeness (QED) is 0.736. The number of hydrogen-bond acceptors (Lipinski definition) is 6. The van der Waals surface area contributed by atoms with Crippen LogP contribution in [-0.4, -0.2) is 64.9 Å². The molecule has 2 aliphatic rings. The molecule has 2 saturated heterocycles. The van der Waals surface area contributed by atoms with E-state index in [1.807, 2.05) is 4.90 Å². The highest BCUT2D eigenvalue weighted by Crippen LogP contribution is 2.22. The molecule has 0 saturated carbocycles. The Morgan fingerprint density at radius 1 is 1.10 bits per heavy atom. The Balaban J connectivity index is 1.59. The molecule has 0 aliphatic carbocycles. The number of hydrogen-bond donors (Lipinski definition) is 1.